The van der Waals surface area contributed by atoms with Crippen molar-refractivity contribution in [3.8, 4) is 0 Å². The summed E-state index contributed by atoms with van der Waals surface area (Å²) in [6, 6.07) is 4.75. The van der Waals surface area contributed by atoms with E-state index in [1.54, 1.807) is 19.1 Å². The summed E-state index contributed by atoms with van der Waals surface area (Å²) in [4.78, 5) is 10.8. The highest BCUT2D eigenvalue weighted by atomic mass is 19.1. The van der Waals surface area contributed by atoms with E-state index in [0.717, 1.165) is 5.56 Å². The maximum atomic E-state index is 13.2. The number of benzene rings is 1. The van der Waals surface area contributed by atoms with E-state index in [2.05, 4.69) is 4.74 Å². The lowest BCUT2D eigenvalue weighted by Crippen LogP contribution is -1.94. The Bertz CT molecular complexity index is 349. The van der Waals surface area contributed by atoms with Crippen LogP contribution in [0.4, 0.5) is 4.39 Å². The zero-order chi connectivity index (χ0) is 10.6. The first kappa shape index (κ1) is 10.4. The van der Waals surface area contributed by atoms with E-state index in [1.165, 1.54) is 25.3 Å². The highest BCUT2D eigenvalue weighted by Crippen LogP contribution is 2.14. The molecule has 74 valence electrons. The maximum Gasteiger partial charge on any atom is 0.330 e. The highest BCUT2D eigenvalue weighted by Gasteiger charge is 2.01. The molecule has 0 spiro atoms. The summed E-state index contributed by atoms with van der Waals surface area (Å²) in [6.45, 7) is 1.78. The predicted octanol–water partition coefficient (Wildman–Crippen LogP) is 2.32. The molecule has 0 amide bonds. The Morgan fingerprint density at radius 1 is 1.50 bits per heavy atom. The molecule has 0 atom stereocenters. The Hall–Kier alpha value is -1.64. The van der Waals surface area contributed by atoms with Gasteiger partial charge in [0.2, 0.25) is 0 Å². The van der Waals surface area contributed by atoms with Crippen molar-refractivity contribution in [1.82, 2.24) is 0 Å². The predicted molar refractivity (Wildman–Crippen MR) is 52.2 cm³/mol. The van der Waals surface area contributed by atoms with Crippen LogP contribution in [-0.4, -0.2) is 13.1 Å². The third kappa shape index (κ3) is 2.42. The summed E-state index contributed by atoms with van der Waals surface area (Å²) in [5, 5.41) is 0. The topological polar surface area (TPSA) is 26.3 Å². The molecule has 0 bridgehead atoms. The molecule has 1 aromatic rings. The van der Waals surface area contributed by atoms with E-state index in [-0.39, 0.29) is 5.82 Å². The zero-order valence-electron chi connectivity index (χ0n) is 8.08. The van der Waals surface area contributed by atoms with Crippen LogP contribution in [0.2, 0.25) is 0 Å². The number of halogens is 1. The molecule has 0 radical (unpaired) electrons. The summed E-state index contributed by atoms with van der Waals surface area (Å²) in [5.74, 6) is -0.835. The van der Waals surface area contributed by atoms with Crippen LogP contribution in [0.25, 0.3) is 6.08 Å². The third-order valence-electron chi connectivity index (χ3n) is 1.86. The summed E-state index contributed by atoms with van der Waals surface area (Å²) in [7, 11) is 1.28. The van der Waals surface area contributed by atoms with Gasteiger partial charge < -0.3 is 4.74 Å². The van der Waals surface area contributed by atoms with Gasteiger partial charge in [-0.1, -0.05) is 12.1 Å². The average Bonchev–Trinajstić information content (AvgIpc) is 2.16. The Labute approximate surface area is 82.0 Å². The molecular weight excluding hydrogens is 183 g/mol. The van der Waals surface area contributed by atoms with E-state index < -0.39 is 5.97 Å². The van der Waals surface area contributed by atoms with Gasteiger partial charge in [0.1, 0.15) is 5.82 Å². The van der Waals surface area contributed by atoms with Crippen molar-refractivity contribution in [2.24, 2.45) is 0 Å². The van der Waals surface area contributed by atoms with E-state index in [9.17, 15) is 9.18 Å². The molecule has 0 aliphatic heterocycles. The lowest BCUT2D eigenvalue weighted by Gasteiger charge is -2.00. The SMILES string of the molecule is COC(=O)C=Cc1c(C)cccc1F. The van der Waals surface area contributed by atoms with Gasteiger partial charge in [0.15, 0.2) is 0 Å². The number of carbonyl (C=O) groups is 1. The van der Waals surface area contributed by atoms with Crippen molar-refractivity contribution in [2.75, 3.05) is 7.11 Å². The Kier molecular flexibility index (Phi) is 3.40. The summed E-state index contributed by atoms with van der Waals surface area (Å²) < 4.78 is 17.6. The average molecular weight is 194 g/mol. The van der Waals surface area contributed by atoms with Crippen molar-refractivity contribution in [3.05, 3.63) is 41.2 Å². The first-order chi connectivity index (χ1) is 6.65. The molecular formula is C11H11FO2. The minimum absolute atomic E-state index is 0.342. The van der Waals surface area contributed by atoms with Crippen LogP contribution in [0.5, 0.6) is 0 Å². The number of rotatable bonds is 2. The van der Waals surface area contributed by atoms with Gasteiger partial charge >= 0.3 is 5.97 Å². The smallest absolute Gasteiger partial charge is 0.330 e. The molecule has 0 aromatic heterocycles. The standard InChI is InChI=1S/C11H11FO2/c1-8-4-3-5-10(12)9(8)6-7-11(13)14-2/h3-7H,1-2H3. The van der Waals surface area contributed by atoms with Gasteiger partial charge in [-0.05, 0) is 24.6 Å². The molecule has 0 heterocycles. The fraction of sp³-hybridized carbons (Fsp3) is 0.182. The molecule has 3 heteroatoms. The van der Waals surface area contributed by atoms with Gasteiger partial charge in [0, 0.05) is 11.6 Å². The van der Waals surface area contributed by atoms with E-state index in [0.29, 0.717) is 5.56 Å². The maximum absolute atomic E-state index is 13.2. The fourth-order valence-electron chi connectivity index (χ4n) is 1.08. The number of hydrogen-bond donors (Lipinski definition) is 0. The molecule has 0 aliphatic carbocycles. The first-order valence-corrected chi connectivity index (χ1v) is 4.16. The minimum atomic E-state index is -0.493. The van der Waals surface area contributed by atoms with Crippen molar-refractivity contribution in [1.29, 1.82) is 0 Å². The monoisotopic (exact) mass is 194 g/mol. The molecule has 0 fully saturated rings. The summed E-state index contributed by atoms with van der Waals surface area (Å²) in [6.07, 6.45) is 2.61. The van der Waals surface area contributed by atoms with Crippen molar-refractivity contribution >= 4 is 12.0 Å². The summed E-state index contributed by atoms with van der Waals surface area (Å²) in [5.41, 5.74) is 1.20. The van der Waals surface area contributed by atoms with E-state index in [4.69, 9.17) is 0 Å². The van der Waals surface area contributed by atoms with Crippen molar-refractivity contribution in [3.63, 3.8) is 0 Å². The molecule has 1 rings (SSSR count). The normalized spacial score (nSPS) is 10.5. The van der Waals surface area contributed by atoms with Gasteiger partial charge in [0.25, 0.3) is 0 Å². The van der Waals surface area contributed by atoms with Gasteiger partial charge in [0.05, 0.1) is 7.11 Å². The van der Waals surface area contributed by atoms with E-state index >= 15 is 0 Å². The van der Waals surface area contributed by atoms with Crippen LogP contribution in [0.3, 0.4) is 0 Å². The zero-order valence-corrected chi connectivity index (χ0v) is 8.08. The molecule has 0 saturated carbocycles. The minimum Gasteiger partial charge on any atom is -0.466 e. The second-order valence-corrected chi connectivity index (χ2v) is 2.83. The van der Waals surface area contributed by atoms with E-state index in [1.807, 2.05) is 0 Å². The van der Waals surface area contributed by atoms with Crippen LogP contribution in [0.15, 0.2) is 24.3 Å². The molecule has 0 aliphatic rings. The molecule has 14 heavy (non-hydrogen) atoms. The van der Waals surface area contributed by atoms with Crippen LogP contribution in [-0.2, 0) is 9.53 Å². The lowest BCUT2D eigenvalue weighted by molar-refractivity contribution is -0.134. The quantitative estimate of drug-likeness (QED) is 0.533. The first-order valence-electron chi connectivity index (χ1n) is 4.16. The van der Waals surface area contributed by atoms with Crippen LogP contribution < -0.4 is 0 Å². The third-order valence-corrected chi connectivity index (χ3v) is 1.86. The Morgan fingerprint density at radius 3 is 2.79 bits per heavy atom. The second kappa shape index (κ2) is 4.56. The number of methoxy groups -OCH3 is 1. The van der Waals surface area contributed by atoms with Gasteiger partial charge in [-0.2, -0.15) is 0 Å². The second-order valence-electron chi connectivity index (χ2n) is 2.83. The van der Waals surface area contributed by atoms with Crippen molar-refractivity contribution < 1.29 is 13.9 Å². The molecule has 0 saturated heterocycles. The molecule has 2 nitrogen and oxygen atoms in total. The molecule has 0 N–H and O–H groups in total. The van der Waals surface area contributed by atoms with Crippen LogP contribution >= 0.6 is 0 Å². The Balaban J connectivity index is 2.96. The summed E-state index contributed by atoms with van der Waals surface area (Å²) >= 11 is 0. The highest BCUT2D eigenvalue weighted by molar-refractivity contribution is 5.87. The van der Waals surface area contributed by atoms with Crippen LogP contribution in [0, 0.1) is 12.7 Å². The number of aryl methyl sites for hydroxylation is 1. The number of esters is 1. The largest absolute Gasteiger partial charge is 0.466 e. The fourth-order valence-corrected chi connectivity index (χ4v) is 1.08. The van der Waals surface area contributed by atoms with Gasteiger partial charge in [-0.15, -0.1) is 0 Å². The lowest BCUT2D eigenvalue weighted by atomic mass is 10.1. The van der Waals surface area contributed by atoms with Crippen LogP contribution in [0.1, 0.15) is 11.1 Å². The Morgan fingerprint density at radius 2 is 2.21 bits per heavy atom. The molecule has 1 aromatic carbocycles. The van der Waals surface area contributed by atoms with Gasteiger partial charge in [-0.25, -0.2) is 9.18 Å². The number of ether oxygens (including phenoxy) is 1. The van der Waals surface area contributed by atoms with Gasteiger partial charge in [-0.3, -0.25) is 0 Å². The number of hydrogen-bond acceptors (Lipinski definition) is 2. The number of carbonyl (C=O) groups excluding carboxylic acids is 1. The molecule has 0 unspecified atom stereocenters. The van der Waals surface area contributed by atoms with Crippen molar-refractivity contribution in [2.45, 2.75) is 6.92 Å².